The van der Waals surface area contributed by atoms with Crippen molar-refractivity contribution in [2.45, 2.75) is 13.0 Å². The lowest BCUT2D eigenvalue weighted by Gasteiger charge is -2.09. The Balaban J connectivity index is 2.08. The molecular weight excluding hydrogens is 244 g/mol. The van der Waals surface area contributed by atoms with Crippen molar-refractivity contribution < 1.29 is 8.83 Å². The second-order valence-corrected chi connectivity index (χ2v) is 4.62. The summed E-state index contributed by atoms with van der Waals surface area (Å²) < 4.78 is 11.9. The first-order valence-electron chi connectivity index (χ1n) is 5.96. The van der Waals surface area contributed by atoms with Crippen LogP contribution in [-0.4, -0.2) is 4.57 Å². The molecule has 98 valence electrons. The van der Waals surface area contributed by atoms with Crippen molar-refractivity contribution in [2.75, 3.05) is 0 Å². The van der Waals surface area contributed by atoms with Gasteiger partial charge in [-0.2, -0.15) is 0 Å². The molecule has 0 radical (unpaired) electrons. The fourth-order valence-electron chi connectivity index (χ4n) is 2.16. The molecule has 2 aromatic heterocycles. The summed E-state index contributed by atoms with van der Waals surface area (Å²) >= 11 is 0. The molecule has 0 bridgehead atoms. The first-order valence-corrected chi connectivity index (χ1v) is 5.96. The third-order valence-electron chi connectivity index (χ3n) is 3.29. The average Bonchev–Trinajstić information content (AvgIpc) is 2.94. The molecule has 0 aliphatic rings. The highest BCUT2D eigenvalue weighted by Gasteiger charge is 2.14. The number of rotatable bonds is 2. The molecule has 0 saturated carbocycles. The molecule has 5 nitrogen and oxygen atoms in total. The molecule has 0 amide bonds. The lowest BCUT2D eigenvalue weighted by molar-refractivity contribution is 0.527. The van der Waals surface area contributed by atoms with Crippen molar-refractivity contribution in [3.8, 4) is 0 Å². The van der Waals surface area contributed by atoms with Crippen LogP contribution in [0.4, 0.5) is 0 Å². The number of aryl methyl sites for hydroxylation is 2. The van der Waals surface area contributed by atoms with Gasteiger partial charge >= 0.3 is 5.76 Å². The zero-order chi connectivity index (χ0) is 13.6. The summed E-state index contributed by atoms with van der Waals surface area (Å²) in [5, 5.41) is 0. The number of hydrogen-bond donors (Lipinski definition) is 1. The van der Waals surface area contributed by atoms with E-state index in [1.54, 1.807) is 19.4 Å². The monoisotopic (exact) mass is 258 g/mol. The highest BCUT2D eigenvalue weighted by molar-refractivity contribution is 5.74. The summed E-state index contributed by atoms with van der Waals surface area (Å²) in [7, 11) is 1.67. The molecule has 3 rings (SSSR count). The van der Waals surface area contributed by atoms with E-state index in [9.17, 15) is 4.79 Å². The van der Waals surface area contributed by atoms with Gasteiger partial charge in [-0.3, -0.25) is 4.57 Å². The van der Waals surface area contributed by atoms with E-state index in [-0.39, 0.29) is 11.8 Å². The summed E-state index contributed by atoms with van der Waals surface area (Å²) in [4.78, 5) is 11.4. The van der Waals surface area contributed by atoms with Gasteiger partial charge in [0.15, 0.2) is 5.58 Å². The minimum atomic E-state index is -0.375. The van der Waals surface area contributed by atoms with Crippen LogP contribution in [0.2, 0.25) is 0 Å². The standard InChI is InChI=1S/C14H14N2O3/c1-8-5-10(7-18-8)13(15)9-3-4-11-12(6-9)19-14(17)16(11)2/h3-7,13H,15H2,1-2H3. The second kappa shape index (κ2) is 4.13. The van der Waals surface area contributed by atoms with Gasteiger partial charge in [0.1, 0.15) is 5.76 Å². The molecule has 1 unspecified atom stereocenters. The van der Waals surface area contributed by atoms with Crippen LogP contribution in [0, 0.1) is 6.92 Å². The predicted octanol–water partition coefficient (Wildman–Crippen LogP) is 2.08. The maximum atomic E-state index is 11.4. The maximum absolute atomic E-state index is 11.4. The van der Waals surface area contributed by atoms with Crippen molar-refractivity contribution in [3.63, 3.8) is 0 Å². The fraction of sp³-hybridized carbons (Fsp3) is 0.214. The first-order chi connectivity index (χ1) is 9.06. The van der Waals surface area contributed by atoms with Gasteiger partial charge < -0.3 is 14.6 Å². The summed E-state index contributed by atoms with van der Waals surface area (Å²) in [5.41, 5.74) is 9.25. The molecule has 0 saturated heterocycles. The van der Waals surface area contributed by atoms with Crippen molar-refractivity contribution in [3.05, 3.63) is 58.0 Å². The Morgan fingerprint density at radius 3 is 2.74 bits per heavy atom. The van der Waals surface area contributed by atoms with Gasteiger partial charge in [-0.15, -0.1) is 0 Å². The number of oxazole rings is 1. The predicted molar refractivity (Wildman–Crippen MR) is 70.9 cm³/mol. The van der Waals surface area contributed by atoms with E-state index in [1.165, 1.54) is 4.57 Å². The Bertz CT molecular complexity index is 794. The SMILES string of the molecule is Cc1cc(C(N)c2ccc3c(c2)oc(=O)n3C)co1. The quantitative estimate of drug-likeness (QED) is 0.763. The van der Waals surface area contributed by atoms with Crippen LogP contribution >= 0.6 is 0 Å². The number of benzene rings is 1. The van der Waals surface area contributed by atoms with Gasteiger partial charge in [0, 0.05) is 12.6 Å². The van der Waals surface area contributed by atoms with E-state index in [0.717, 1.165) is 22.4 Å². The van der Waals surface area contributed by atoms with Gasteiger partial charge in [-0.05, 0) is 30.7 Å². The highest BCUT2D eigenvalue weighted by Crippen LogP contribution is 2.24. The average molecular weight is 258 g/mol. The first kappa shape index (κ1) is 11.8. The molecular formula is C14H14N2O3. The molecule has 0 spiro atoms. The van der Waals surface area contributed by atoms with Gasteiger partial charge in [0.25, 0.3) is 0 Å². The number of hydrogen-bond acceptors (Lipinski definition) is 4. The van der Waals surface area contributed by atoms with Gasteiger partial charge in [-0.1, -0.05) is 6.07 Å². The Morgan fingerprint density at radius 1 is 1.26 bits per heavy atom. The lowest BCUT2D eigenvalue weighted by Crippen LogP contribution is -2.10. The molecule has 0 aliphatic carbocycles. The Morgan fingerprint density at radius 2 is 2.05 bits per heavy atom. The van der Waals surface area contributed by atoms with E-state index in [4.69, 9.17) is 14.6 Å². The third-order valence-corrected chi connectivity index (χ3v) is 3.29. The smallest absolute Gasteiger partial charge is 0.419 e. The van der Waals surface area contributed by atoms with Gasteiger partial charge in [0.05, 0.1) is 17.8 Å². The summed E-state index contributed by atoms with van der Waals surface area (Å²) in [6, 6.07) is 7.12. The Labute approximate surface area is 109 Å². The van der Waals surface area contributed by atoms with Gasteiger partial charge in [0.2, 0.25) is 0 Å². The third kappa shape index (κ3) is 1.88. The fourth-order valence-corrected chi connectivity index (χ4v) is 2.16. The minimum Gasteiger partial charge on any atom is -0.469 e. The topological polar surface area (TPSA) is 74.3 Å². The Hall–Kier alpha value is -2.27. The van der Waals surface area contributed by atoms with Crippen LogP contribution < -0.4 is 11.5 Å². The number of furan rings is 1. The van der Waals surface area contributed by atoms with E-state index >= 15 is 0 Å². The van der Waals surface area contributed by atoms with Gasteiger partial charge in [-0.25, -0.2) is 4.79 Å². The van der Waals surface area contributed by atoms with E-state index in [1.807, 2.05) is 25.1 Å². The molecule has 3 aromatic rings. The Kier molecular flexibility index (Phi) is 2.57. The number of fused-ring (bicyclic) bond motifs is 1. The van der Waals surface area contributed by atoms with Crippen LogP contribution in [0.1, 0.15) is 22.9 Å². The van der Waals surface area contributed by atoms with Crippen LogP contribution in [-0.2, 0) is 7.05 Å². The molecule has 19 heavy (non-hydrogen) atoms. The van der Waals surface area contributed by atoms with Crippen LogP contribution in [0.3, 0.4) is 0 Å². The van der Waals surface area contributed by atoms with E-state index in [2.05, 4.69) is 0 Å². The summed E-state index contributed by atoms with van der Waals surface area (Å²) in [5.74, 6) is 0.442. The van der Waals surface area contributed by atoms with Crippen LogP contribution in [0.15, 0.2) is 44.2 Å². The normalized spacial score (nSPS) is 13.0. The summed E-state index contributed by atoms with van der Waals surface area (Å²) in [6.07, 6.45) is 1.64. The number of aromatic nitrogens is 1. The minimum absolute atomic E-state index is 0.299. The van der Waals surface area contributed by atoms with E-state index in [0.29, 0.717) is 5.58 Å². The van der Waals surface area contributed by atoms with Crippen molar-refractivity contribution >= 4 is 11.1 Å². The highest BCUT2D eigenvalue weighted by atomic mass is 16.4. The molecule has 0 aliphatic heterocycles. The molecule has 0 fully saturated rings. The molecule has 1 atom stereocenters. The number of nitrogens with two attached hydrogens (primary N) is 1. The van der Waals surface area contributed by atoms with Crippen molar-refractivity contribution in [1.82, 2.24) is 4.57 Å². The zero-order valence-corrected chi connectivity index (χ0v) is 10.7. The molecule has 2 heterocycles. The molecule has 2 N–H and O–H groups in total. The van der Waals surface area contributed by atoms with Crippen molar-refractivity contribution in [1.29, 1.82) is 0 Å². The summed E-state index contributed by atoms with van der Waals surface area (Å²) in [6.45, 7) is 1.87. The zero-order valence-electron chi connectivity index (χ0n) is 10.7. The largest absolute Gasteiger partial charge is 0.469 e. The molecule has 1 aromatic carbocycles. The van der Waals surface area contributed by atoms with Crippen molar-refractivity contribution in [2.24, 2.45) is 12.8 Å². The number of nitrogens with zero attached hydrogens (tertiary/aromatic N) is 1. The van der Waals surface area contributed by atoms with E-state index < -0.39 is 0 Å². The second-order valence-electron chi connectivity index (χ2n) is 4.62. The van der Waals surface area contributed by atoms with Crippen LogP contribution in [0.25, 0.3) is 11.1 Å². The lowest BCUT2D eigenvalue weighted by atomic mass is 10.0. The molecule has 5 heteroatoms. The maximum Gasteiger partial charge on any atom is 0.419 e. The van der Waals surface area contributed by atoms with Crippen LogP contribution in [0.5, 0.6) is 0 Å².